The van der Waals surface area contributed by atoms with Gasteiger partial charge < -0.3 is 30.8 Å². The monoisotopic (exact) mass is 354 g/mol. The summed E-state index contributed by atoms with van der Waals surface area (Å²) >= 11 is 0. The molecule has 0 amide bonds. The molecule has 0 saturated carbocycles. The molecule has 6 N–H and O–H groups in total. The third-order valence-corrected chi connectivity index (χ3v) is 3.64. The lowest BCUT2D eigenvalue weighted by Crippen LogP contribution is -2.22. The molecule has 10 nitrogen and oxygen atoms in total. The van der Waals surface area contributed by atoms with Gasteiger partial charge in [-0.15, -0.1) is 0 Å². The average Bonchev–Trinajstić information content (AvgIpc) is 2.93. The number of aliphatic carboxylic acids is 4. The lowest BCUT2D eigenvalue weighted by atomic mass is 9.89. The molecule has 10 heteroatoms. The van der Waals surface area contributed by atoms with E-state index in [1.165, 1.54) is 6.07 Å². The number of nitrogens with one attached hydrogen (secondary N) is 2. The third-order valence-electron chi connectivity index (χ3n) is 3.64. The van der Waals surface area contributed by atoms with Gasteiger partial charge in [0, 0.05) is 5.69 Å². The second-order valence-corrected chi connectivity index (χ2v) is 5.36. The Morgan fingerprint density at radius 1 is 1.00 bits per heavy atom. The first-order chi connectivity index (χ1) is 11.6. The van der Waals surface area contributed by atoms with Gasteiger partial charge in [-0.05, 0) is 18.1 Å². The van der Waals surface area contributed by atoms with E-state index in [0.717, 1.165) is 0 Å². The van der Waals surface area contributed by atoms with Gasteiger partial charge in [0.1, 0.15) is 5.92 Å². The summed E-state index contributed by atoms with van der Waals surface area (Å²) in [6, 6.07) is 1.21. The molecule has 0 aliphatic heterocycles. The summed E-state index contributed by atoms with van der Waals surface area (Å²) in [4.78, 5) is 47.4. The molecule has 2 atom stereocenters. The number of carboxylic acids is 4. The zero-order valence-electron chi connectivity index (χ0n) is 13.3. The Morgan fingerprint density at radius 3 is 1.88 bits per heavy atom. The molecular weight excluding hydrogens is 336 g/mol. The summed E-state index contributed by atoms with van der Waals surface area (Å²) in [6.07, 6.45) is -1.37. The summed E-state index contributed by atoms with van der Waals surface area (Å²) in [7, 11) is 0. The molecule has 0 fully saturated rings. The fourth-order valence-electron chi connectivity index (χ4n) is 2.41. The molecule has 1 aromatic rings. The van der Waals surface area contributed by atoms with Crippen LogP contribution in [0.25, 0.3) is 0 Å². The van der Waals surface area contributed by atoms with Crippen molar-refractivity contribution in [1.82, 2.24) is 4.98 Å². The molecule has 25 heavy (non-hydrogen) atoms. The normalized spacial score (nSPS) is 13.0. The Morgan fingerprint density at radius 2 is 1.48 bits per heavy atom. The number of carboxylic acid groups (broad SMARTS) is 4. The minimum absolute atomic E-state index is 0.0476. The molecule has 2 unspecified atom stereocenters. The molecule has 0 aliphatic rings. The molecular formula is C15H18N2O8. The number of rotatable bonds is 10. The lowest BCUT2D eigenvalue weighted by Gasteiger charge is -2.15. The Kier molecular flexibility index (Phi) is 6.43. The van der Waals surface area contributed by atoms with Crippen molar-refractivity contribution in [2.24, 2.45) is 0 Å². The van der Waals surface area contributed by atoms with Crippen LogP contribution in [0.2, 0.25) is 0 Å². The summed E-state index contributed by atoms with van der Waals surface area (Å²) in [5.74, 6) is -8.97. The highest BCUT2D eigenvalue weighted by atomic mass is 16.4. The van der Waals surface area contributed by atoms with Crippen molar-refractivity contribution in [3.8, 4) is 0 Å². The van der Waals surface area contributed by atoms with Gasteiger partial charge in [-0.3, -0.25) is 19.2 Å². The first-order valence-corrected chi connectivity index (χ1v) is 7.28. The Balaban J connectivity index is 3.56. The summed E-state index contributed by atoms with van der Waals surface area (Å²) < 4.78 is 0. The van der Waals surface area contributed by atoms with E-state index in [-0.39, 0.29) is 29.1 Å². The van der Waals surface area contributed by atoms with E-state index in [9.17, 15) is 29.4 Å². The predicted octanol–water partition coefficient (Wildman–Crippen LogP) is 1.08. The zero-order valence-corrected chi connectivity index (χ0v) is 13.3. The fourth-order valence-corrected chi connectivity index (χ4v) is 2.41. The highest BCUT2D eigenvalue weighted by molar-refractivity contribution is 5.97. The van der Waals surface area contributed by atoms with Gasteiger partial charge in [0.2, 0.25) is 0 Å². The average molecular weight is 354 g/mol. The number of H-pyrrole nitrogens is 1. The number of hydrogen-bond donors (Lipinski definition) is 6. The minimum Gasteiger partial charge on any atom is -0.481 e. The van der Waals surface area contributed by atoms with E-state index < -0.39 is 48.6 Å². The van der Waals surface area contributed by atoms with Crippen LogP contribution in [0.15, 0.2) is 6.07 Å². The molecule has 1 aromatic heterocycles. The van der Waals surface area contributed by atoms with Gasteiger partial charge in [0.05, 0.1) is 30.2 Å². The smallest absolute Gasteiger partial charge is 0.313 e. The van der Waals surface area contributed by atoms with E-state index in [2.05, 4.69) is 4.98 Å². The SMILES string of the molecule is CCC(=N)c1cc(C(CC(=O)O)C(=O)O)c(C(CC(=O)O)C(=O)O)[nH]1. The Hall–Kier alpha value is -3.17. The van der Waals surface area contributed by atoms with Gasteiger partial charge in [-0.25, -0.2) is 0 Å². The largest absolute Gasteiger partial charge is 0.481 e. The maximum atomic E-state index is 11.5. The van der Waals surface area contributed by atoms with Crippen molar-refractivity contribution in [2.75, 3.05) is 0 Å². The van der Waals surface area contributed by atoms with Crippen LogP contribution in [0.1, 0.15) is 55.0 Å². The van der Waals surface area contributed by atoms with Crippen molar-refractivity contribution in [2.45, 2.75) is 38.0 Å². The van der Waals surface area contributed by atoms with Gasteiger partial charge >= 0.3 is 23.9 Å². The third kappa shape index (κ3) is 4.90. The summed E-state index contributed by atoms with van der Waals surface area (Å²) in [6.45, 7) is 1.65. The van der Waals surface area contributed by atoms with Crippen LogP contribution in [0, 0.1) is 5.41 Å². The quantitative estimate of drug-likeness (QED) is 0.336. The van der Waals surface area contributed by atoms with Crippen molar-refractivity contribution in [1.29, 1.82) is 5.41 Å². The van der Waals surface area contributed by atoms with E-state index in [1.807, 2.05) is 0 Å². The topological polar surface area (TPSA) is 189 Å². The van der Waals surface area contributed by atoms with Crippen molar-refractivity contribution in [3.05, 3.63) is 23.0 Å². The van der Waals surface area contributed by atoms with Crippen LogP contribution >= 0.6 is 0 Å². The van der Waals surface area contributed by atoms with Gasteiger partial charge in [-0.1, -0.05) is 6.92 Å². The fraction of sp³-hybridized carbons (Fsp3) is 0.400. The summed E-state index contributed by atoms with van der Waals surface area (Å²) in [5.41, 5.74) is -0.180. The highest BCUT2D eigenvalue weighted by Gasteiger charge is 2.34. The van der Waals surface area contributed by atoms with Crippen molar-refractivity contribution in [3.63, 3.8) is 0 Å². The molecule has 0 aliphatic carbocycles. The number of aromatic amines is 1. The van der Waals surface area contributed by atoms with Crippen LogP contribution < -0.4 is 0 Å². The first-order valence-electron chi connectivity index (χ1n) is 7.28. The van der Waals surface area contributed by atoms with Crippen LogP contribution in [0.4, 0.5) is 0 Å². The minimum atomic E-state index is -1.60. The molecule has 0 saturated heterocycles. The number of carbonyl (C=O) groups is 4. The molecule has 1 rings (SSSR count). The lowest BCUT2D eigenvalue weighted by molar-refractivity contribution is -0.146. The van der Waals surface area contributed by atoms with Gasteiger partial charge in [-0.2, -0.15) is 0 Å². The standard InChI is InChI=1S/C15H18N2O8/c1-2-9(16)10-3-6(7(14(22)23)4-11(18)19)13(17-10)8(15(24)25)5-12(20)21/h3,7-8,16-17H,2,4-5H2,1H3,(H,18,19)(H,20,21)(H,22,23)(H,24,25). The Bertz CT molecular complexity index is 670. The van der Waals surface area contributed by atoms with Gasteiger partial charge in [0.25, 0.3) is 0 Å². The van der Waals surface area contributed by atoms with E-state index in [4.69, 9.17) is 15.6 Å². The zero-order chi connectivity index (χ0) is 19.3. The first kappa shape index (κ1) is 19.9. The maximum absolute atomic E-state index is 11.5. The van der Waals surface area contributed by atoms with Crippen molar-refractivity contribution < 1.29 is 39.6 Å². The summed E-state index contributed by atoms with van der Waals surface area (Å²) in [5, 5.41) is 44.3. The number of aromatic nitrogens is 1. The van der Waals surface area contributed by atoms with E-state index in [1.54, 1.807) is 6.92 Å². The van der Waals surface area contributed by atoms with Crippen molar-refractivity contribution >= 4 is 29.6 Å². The van der Waals surface area contributed by atoms with Crippen LogP contribution in [0.5, 0.6) is 0 Å². The maximum Gasteiger partial charge on any atom is 0.313 e. The highest BCUT2D eigenvalue weighted by Crippen LogP contribution is 2.32. The second kappa shape index (κ2) is 8.08. The molecule has 0 bridgehead atoms. The molecule has 0 spiro atoms. The number of hydrogen-bond acceptors (Lipinski definition) is 5. The van der Waals surface area contributed by atoms with Crippen LogP contribution in [-0.2, 0) is 19.2 Å². The van der Waals surface area contributed by atoms with Crippen LogP contribution in [0.3, 0.4) is 0 Å². The van der Waals surface area contributed by atoms with Gasteiger partial charge in [0.15, 0.2) is 0 Å². The molecule has 0 aromatic carbocycles. The molecule has 136 valence electrons. The molecule has 0 radical (unpaired) electrons. The molecule has 1 heterocycles. The van der Waals surface area contributed by atoms with Crippen LogP contribution in [-0.4, -0.2) is 55.0 Å². The second-order valence-electron chi connectivity index (χ2n) is 5.36. The Labute approximate surface area is 141 Å². The van der Waals surface area contributed by atoms with E-state index >= 15 is 0 Å². The van der Waals surface area contributed by atoms with E-state index in [0.29, 0.717) is 0 Å². The predicted molar refractivity (Wildman–Crippen MR) is 83.2 cm³/mol.